The molecule has 162 valence electrons. The highest BCUT2D eigenvalue weighted by Crippen LogP contribution is 2.35. The van der Waals surface area contributed by atoms with Crippen LogP contribution in [0.15, 0.2) is 42.5 Å². The number of hydrogen-bond acceptors (Lipinski definition) is 6. The van der Waals surface area contributed by atoms with Crippen LogP contribution in [0.1, 0.15) is 25.5 Å². The van der Waals surface area contributed by atoms with E-state index in [1.807, 2.05) is 30.3 Å². The molecular weight excluding hydrogens is 380 g/mol. The zero-order valence-corrected chi connectivity index (χ0v) is 18.1. The highest BCUT2D eigenvalue weighted by atomic mass is 16.5. The van der Waals surface area contributed by atoms with Crippen molar-refractivity contribution in [3.63, 3.8) is 0 Å². The van der Waals surface area contributed by atoms with E-state index >= 15 is 0 Å². The van der Waals surface area contributed by atoms with Crippen molar-refractivity contribution in [2.24, 2.45) is 5.41 Å². The van der Waals surface area contributed by atoms with Crippen LogP contribution >= 0.6 is 0 Å². The third-order valence-electron chi connectivity index (χ3n) is 5.81. The average Bonchev–Trinajstić information content (AvgIpc) is 2.92. The van der Waals surface area contributed by atoms with Gasteiger partial charge in [-0.25, -0.2) is 0 Å². The molecule has 1 N–H and O–H groups in total. The maximum Gasteiger partial charge on any atom is 0.161 e. The van der Waals surface area contributed by atoms with Gasteiger partial charge in [-0.15, -0.1) is 0 Å². The second-order valence-corrected chi connectivity index (χ2v) is 8.95. The zero-order valence-electron chi connectivity index (χ0n) is 18.1. The molecule has 0 radical (unpaired) electrons. The molecule has 2 aliphatic rings. The number of fused-ring (bicyclic) bond motifs is 1. The highest BCUT2D eigenvalue weighted by Gasteiger charge is 2.26. The van der Waals surface area contributed by atoms with Crippen molar-refractivity contribution in [1.82, 2.24) is 4.90 Å². The fourth-order valence-corrected chi connectivity index (χ4v) is 3.90. The summed E-state index contributed by atoms with van der Waals surface area (Å²) in [6.45, 7) is 9.76. The van der Waals surface area contributed by atoms with Crippen LogP contribution in [0.4, 0.5) is 5.69 Å². The van der Waals surface area contributed by atoms with Gasteiger partial charge in [-0.3, -0.25) is 4.90 Å². The van der Waals surface area contributed by atoms with E-state index in [0.29, 0.717) is 19.8 Å². The van der Waals surface area contributed by atoms with Crippen molar-refractivity contribution in [2.75, 3.05) is 57.9 Å². The van der Waals surface area contributed by atoms with E-state index in [1.165, 1.54) is 5.69 Å². The molecular formula is C24H32N2O4. The fourth-order valence-electron chi connectivity index (χ4n) is 3.90. The normalized spacial score (nSPS) is 19.8. The minimum Gasteiger partial charge on any atom is -0.497 e. The molecule has 1 unspecified atom stereocenters. The predicted molar refractivity (Wildman–Crippen MR) is 118 cm³/mol. The van der Waals surface area contributed by atoms with Crippen LogP contribution in [0.5, 0.6) is 17.2 Å². The van der Waals surface area contributed by atoms with Crippen LogP contribution in [0.25, 0.3) is 0 Å². The number of β-amino-alcohol motifs (C(OH)–C–C–N with tert-alkyl or cyclic N) is 1. The van der Waals surface area contributed by atoms with Gasteiger partial charge in [0.15, 0.2) is 11.5 Å². The van der Waals surface area contributed by atoms with Gasteiger partial charge in [0, 0.05) is 49.9 Å². The Morgan fingerprint density at radius 1 is 1.00 bits per heavy atom. The molecule has 0 aliphatic carbocycles. The molecule has 2 aromatic carbocycles. The molecule has 2 aliphatic heterocycles. The lowest BCUT2D eigenvalue weighted by Crippen LogP contribution is -2.47. The summed E-state index contributed by atoms with van der Waals surface area (Å²) in [7, 11) is 1.69. The molecule has 6 nitrogen and oxygen atoms in total. The van der Waals surface area contributed by atoms with E-state index in [-0.39, 0.29) is 5.41 Å². The molecule has 6 heteroatoms. The number of aliphatic hydroxyl groups excluding tert-OH is 1. The summed E-state index contributed by atoms with van der Waals surface area (Å²) in [6.07, 6.45) is -0.557. The lowest BCUT2D eigenvalue weighted by Gasteiger charge is -2.37. The van der Waals surface area contributed by atoms with Gasteiger partial charge >= 0.3 is 0 Å². The van der Waals surface area contributed by atoms with Crippen LogP contribution < -0.4 is 19.1 Å². The van der Waals surface area contributed by atoms with Gasteiger partial charge in [0.05, 0.1) is 26.4 Å². The monoisotopic (exact) mass is 412 g/mol. The molecule has 0 spiro atoms. The zero-order chi connectivity index (χ0) is 21.1. The standard InChI is InChI=1S/C24H32N2O4/c1-24(2)16-29-22-8-7-18(13-23(22)30-17-24)21(27)15-25-9-11-26(12-10-25)19-5-4-6-20(14-19)28-3/h4-8,13-14,21,27H,9-12,15-17H2,1-3H3. The Labute approximate surface area is 179 Å². The number of piperazine rings is 1. The van der Waals surface area contributed by atoms with Gasteiger partial charge < -0.3 is 24.2 Å². The van der Waals surface area contributed by atoms with Crippen molar-refractivity contribution < 1.29 is 19.3 Å². The quantitative estimate of drug-likeness (QED) is 0.813. The molecule has 1 atom stereocenters. The van der Waals surface area contributed by atoms with E-state index in [2.05, 4.69) is 35.8 Å². The van der Waals surface area contributed by atoms with Gasteiger partial charge in [0.1, 0.15) is 5.75 Å². The second-order valence-electron chi connectivity index (χ2n) is 8.95. The number of aliphatic hydroxyl groups is 1. The first kappa shape index (κ1) is 20.8. The van der Waals surface area contributed by atoms with E-state index in [9.17, 15) is 5.11 Å². The van der Waals surface area contributed by atoms with Gasteiger partial charge in [0.2, 0.25) is 0 Å². The molecule has 2 heterocycles. The number of anilines is 1. The topological polar surface area (TPSA) is 54.4 Å². The smallest absolute Gasteiger partial charge is 0.161 e. The Kier molecular flexibility index (Phi) is 6.06. The van der Waals surface area contributed by atoms with Crippen LogP contribution in [0, 0.1) is 5.41 Å². The van der Waals surface area contributed by atoms with Crippen molar-refractivity contribution in [3.8, 4) is 17.2 Å². The van der Waals surface area contributed by atoms with Gasteiger partial charge in [-0.1, -0.05) is 26.0 Å². The maximum atomic E-state index is 10.8. The van der Waals surface area contributed by atoms with Gasteiger partial charge in [-0.05, 0) is 29.8 Å². The Morgan fingerprint density at radius 2 is 1.73 bits per heavy atom. The molecule has 0 saturated carbocycles. The first-order valence-electron chi connectivity index (χ1n) is 10.6. The Bertz CT molecular complexity index is 862. The summed E-state index contributed by atoms with van der Waals surface area (Å²) in [5.41, 5.74) is 2.02. The molecule has 0 amide bonds. The molecule has 4 rings (SSSR count). The minimum absolute atomic E-state index is 0.0275. The third kappa shape index (κ3) is 4.82. The summed E-state index contributed by atoms with van der Waals surface area (Å²) in [5, 5.41) is 10.8. The Balaban J connectivity index is 1.34. The SMILES string of the molecule is COc1cccc(N2CCN(CC(O)c3ccc4c(c3)OCC(C)(C)CO4)CC2)c1. The summed E-state index contributed by atoms with van der Waals surface area (Å²) in [5.74, 6) is 2.35. The lowest BCUT2D eigenvalue weighted by atomic mass is 9.97. The lowest BCUT2D eigenvalue weighted by molar-refractivity contribution is 0.109. The van der Waals surface area contributed by atoms with Crippen molar-refractivity contribution in [2.45, 2.75) is 20.0 Å². The minimum atomic E-state index is -0.557. The summed E-state index contributed by atoms with van der Waals surface area (Å²) in [4.78, 5) is 4.67. The molecule has 0 bridgehead atoms. The van der Waals surface area contributed by atoms with Crippen molar-refractivity contribution in [3.05, 3.63) is 48.0 Å². The van der Waals surface area contributed by atoms with E-state index in [1.54, 1.807) is 7.11 Å². The van der Waals surface area contributed by atoms with Crippen LogP contribution in [-0.4, -0.2) is 63.1 Å². The molecule has 30 heavy (non-hydrogen) atoms. The largest absolute Gasteiger partial charge is 0.497 e. The fraction of sp³-hybridized carbons (Fsp3) is 0.500. The van der Waals surface area contributed by atoms with Gasteiger partial charge in [-0.2, -0.15) is 0 Å². The second kappa shape index (κ2) is 8.74. The van der Waals surface area contributed by atoms with E-state index in [4.69, 9.17) is 14.2 Å². The van der Waals surface area contributed by atoms with E-state index in [0.717, 1.165) is 49.0 Å². The van der Waals surface area contributed by atoms with E-state index < -0.39 is 6.10 Å². The average molecular weight is 413 g/mol. The van der Waals surface area contributed by atoms with Gasteiger partial charge in [0.25, 0.3) is 0 Å². The Hall–Kier alpha value is -2.44. The summed E-state index contributed by atoms with van der Waals surface area (Å²) < 4.78 is 17.2. The molecule has 1 saturated heterocycles. The number of hydrogen-bond donors (Lipinski definition) is 1. The third-order valence-corrected chi connectivity index (χ3v) is 5.81. The van der Waals surface area contributed by atoms with Crippen molar-refractivity contribution >= 4 is 5.69 Å². The van der Waals surface area contributed by atoms with Crippen LogP contribution in [-0.2, 0) is 0 Å². The van der Waals surface area contributed by atoms with Crippen molar-refractivity contribution in [1.29, 1.82) is 0 Å². The molecule has 0 aromatic heterocycles. The highest BCUT2D eigenvalue weighted by molar-refractivity contribution is 5.51. The molecule has 2 aromatic rings. The molecule has 1 fully saturated rings. The number of ether oxygens (including phenoxy) is 3. The summed E-state index contributed by atoms with van der Waals surface area (Å²) >= 11 is 0. The number of benzene rings is 2. The Morgan fingerprint density at radius 3 is 2.47 bits per heavy atom. The first-order chi connectivity index (χ1) is 14.4. The number of methoxy groups -OCH3 is 1. The maximum absolute atomic E-state index is 10.8. The number of nitrogens with zero attached hydrogens (tertiary/aromatic N) is 2. The predicted octanol–water partition coefficient (Wildman–Crippen LogP) is 3.35. The van der Waals surface area contributed by atoms with Crippen LogP contribution in [0.3, 0.4) is 0 Å². The summed E-state index contributed by atoms with van der Waals surface area (Å²) in [6, 6.07) is 14.0. The first-order valence-corrected chi connectivity index (χ1v) is 10.6. The van der Waals surface area contributed by atoms with Crippen LogP contribution in [0.2, 0.25) is 0 Å². The number of rotatable bonds is 5.